The lowest BCUT2D eigenvalue weighted by Gasteiger charge is -2.43. The highest BCUT2D eigenvalue weighted by atomic mass is 16.3. The first-order valence-electron chi connectivity index (χ1n) is 8.48. The molecule has 1 unspecified atom stereocenters. The van der Waals surface area contributed by atoms with Crippen LogP contribution in [0.4, 0.5) is 0 Å². The van der Waals surface area contributed by atoms with E-state index in [9.17, 15) is 14.4 Å². The van der Waals surface area contributed by atoms with E-state index in [2.05, 4.69) is 5.32 Å². The van der Waals surface area contributed by atoms with Crippen molar-refractivity contribution in [2.24, 2.45) is 5.92 Å². The summed E-state index contributed by atoms with van der Waals surface area (Å²) in [6.45, 7) is 1.47. The van der Waals surface area contributed by atoms with Crippen molar-refractivity contribution in [3.8, 4) is 0 Å². The monoisotopic (exact) mass is 331 g/mol. The van der Waals surface area contributed by atoms with Crippen molar-refractivity contribution < 1.29 is 18.8 Å². The Bertz CT molecular complexity index is 705. The van der Waals surface area contributed by atoms with E-state index < -0.39 is 0 Å². The van der Waals surface area contributed by atoms with Gasteiger partial charge in [0.05, 0.1) is 18.2 Å². The third-order valence-corrected chi connectivity index (χ3v) is 5.41. The van der Waals surface area contributed by atoms with Gasteiger partial charge >= 0.3 is 0 Å². The summed E-state index contributed by atoms with van der Waals surface area (Å²) in [5, 5.41) is 2.60. The third-order valence-electron chi connectivity index (χ3n) is 5.41. The van der Waals surface area contributed by atoms with Gasteiger partial charge in [0.1, 0.15) is 0 Å². The van der Waals surface area contributed by atoms with Crippen LogP contribution < -0.4 is 5.32 Å². The molecule has 2 aliphatic heterocycles. The fourth-order valence-corrected chi connectivity index (χ4v) is 3.96. The van der Waals surface area contributed by atoms with E-state index in [-0.39, 0.29) is 36.1 Å². The molecule has 2 saturated heterocycles. The Morgan fingerprint density at radius 1 is 1.25 bits per heavy atom. The average molecular weight is 331 g/mol. The van der Waals surface area contributed by atoms with Crippen LogP contribution >= 0.6 is 0 Å². The first-order chi connectivity index (χ1) is 11.6. The molecule has 1 N–H and O–H groups in total. The predicted octanol–water partition coefficient (Wildman–Crippen LogP) is 0.187. The number of aryl methyl sites for hydroxylation is 1. The van der Waals surface area contributed by atoms with Gasteiger partial charge in [0.25, 0.3) is 5.91 Å². The summed E-state index contributed by atoms with van der Waals surface area (Å²) in [5.41, 5.74) is 2.21. The van der Waals surface area contributed by atoms with Crippen LogP contribution in [0.3, 0.4) is 0 Å². The molecule has 1 aromatic rings. The highest BCUT2D eigenvalue weighted by Crippen LogP contribution is 2.30. The van der Waals surface area contributed by atoms with Crippen molar-refractivity contribution in [1.82, 2.24) is 15.1 Å². The minimum atomic E-state index is -0.277. The molecule has 0 aromatic carbocycles. The average Bonchev–Trinajstić information content (AvgIpc) is 3.20. The van der Waals surface area contributed by atoms with Gasteiger partial charge in [-0.1, -0.05) is 0 Å². The second-order valence-corrected chi connectivity index (χ2v) is 6.85. The number of amides is 3. The molecule has 7 nitrogen and oxygen atoms in total. The van der Waals surface area contributed by atoms with Gasteiger partial charge in [-0.15, -0.1) is 0 Å². The smallest absolute Gasteiger partial charge is 0.289 e. The lowest BCUT2D eigenvalue weighted by Crippen LogP contribution is -2.61. The quantitative estimate of drug-likeness (QED) is 0.857. The van der Waals surface area contributed by atoms with Gasteiger partial charge in [-0.05, 0) is 24.8 Å². The molecule has 24 heavy (non-hydrogen) atoms. The second-order valence-electron chi connectivity index (χ2n) is 6.85. The lowest BCUT2D eigenvalue weighted by atomic mass is 10.1. The highest BCUT2D eigenvalue weighted by molar-refractivity contribution is 5.94. The standard InChI is InChI=1S/C17H21N3O4/c1-18-16(22)11-5-14(21)20(6-11)12-7-19(8-12)17(23)15-13-4-2-3-10(13)9-24-15/h9,11-12H,2-8H2,1H3,(H,18,22). The van der Waals surface area contributed by atoms with Gasteiger partial charge in [0.15, 0.2) is 5.76 Å². The molecule has 0 spiro atoms. The zero-order valence-corrected chi connectivity index (χ0v) is 13.7. The van der Waals surface area contributed by atoms with Gasteiger partial charge in [-0.3, -0.25) is 14.4 Å². The summed E-state index contributed by atoms with van der Waals surface area (Å²) in [7, 11) is 1.58. The lowest BCUT2D eigenvalue weighted by molar-refractivity contribution is -0.132. The van der Waals surface area contributed by atoms with E-state index >= 15 is 0 Å². The number of hydrogen-bond acceptors (Lipinski definition) is 4. The number of likely N-dealkylation sites (tertiary alicyclic amines) is 2. The van der Waals surface area contributed by atoms with Crippen LogP contribution in [0.1, 0.15) is 34.5 Å². The van der Waals surface area contributed by atoms with Crippen molar-refractivity contribution in [3.05, 3.63) is 23.2 Å². The topological polar surface area (TPSA) is 82.9 Å². The summed E-state index contributed by atoms with van der Waals surface area (Å²) >= 11 is 0. The van der Waals surface area contributed by atoms with Crippen molar-refractivity contribution >= 4 is 17.7 Å². The van der Waals surface area contributed by atoms with E-state index in [1.807, 2.05) is 0 Å². The summed E-state index contributed by atoms with van der Waals surface area (Å²) in [6.07, 6.45) is 4.92. The first kappa shape index (κ1) is 15.2. The Labute approximate surface area is 140 Å². The fraction of sp³-hybridized carbons (Fsp3) is 0.588. The molecular weight excluding hydrogens is 310 g/mol. The minimum absolute atomic E-state index is 0.000380. The Morgan fingerprint density at radius 3 is 2.79 bits per heavy atom. The van der Waals surface area contributed by atoms with E-state index in [1.54, 1.807) is 23.1 Å². The number of fused-ring (bicyclic) bond motifs is 1. The van der Waals surface area contributed by atoms with Gasteiger partial charge in [-0.2, -0.15) is 0 Å². The molecule has 7 heteroatoms. The largest absolute Gasteiger partial charge is 0.459 e. The van der Waals surface area contributed by atoms with Crippen molar-refractivity contribution in [1.29, 1.82) is 0 Å². The maximum atomic E-state index is 12.6. The third kappa shape index (κ3) is 2.30. The summed E-state index contributed by atoms with van der Waals surface area (Å²) in [5.74, 6) is 0.0188. The Kier molecular flexibility index (Phi) is 3.58. The number of nitrogens with zero attached hydrogens (tertiary/aromatic N) is 2. The zero-order valence-electron chi connectivity index (χ0n) is 13.7. The van der Waals surface area contributed by atoms with E-state index in [4.69, 9.17) is 4.42 Å². The molecule has 128 valence electrons. The minimum Gasteiger partial charge on any atom is -0.459 e. The summed E-state index contributed by atoms with van der Waals surface area (Å²) in [6, 6.07) is 0.0131. The number of carbonyl (C=O) groups excluding carboxylic acids is 3. The van der Waals surface area contributed by atoms with Crippen LogP contribution in [-0.2, 0) is 22.4 Å². The SMILES string of the molecule is CNC(=O)C1CC(=O)N(C2CN(C(=O)c3occ4c3CCC4)C2)C1. The zero-order chi connectivity index (χ0) is 16.8. The van der Waals surface area contributed by atoms with Crippen LogP contribution in [0.15, 0.2) is 10.7 Å². The van der Waals surface area contributed by atoms with E-state index in [0.717, 1.165) is 30.4 Å². The number of furan rings is 1. The van der Waals surface area contributed by atoms with Gasteiger partial charge in [0, 0.05) is 38.7 Å². The maximum Gasteiger partial charge on any atom is 0.289 e. The molecule has 3 heterocycles. The molecule has 3 amide bonds. The molecule has 4 rings (SSSR count). The molecule has 0 bridgehead atoms. The fourth-order valence-electron chi connectivity index (χ4n) is 3.96. The second kappa shape index (κ2) is 5.65. The van der Waals surface area contributed by atoms with E-state index in [0.29, 0.717) is 25.4 Å². The first-order valence-corrected chi connectivity index (χ1v) is 8.48. The predicted molar refractivity (Wildman–Crippen MR) is 84.3 cm³/mol. The van der Waals surface area contributed by atoms with Crippen LogP contribution in [-0.4, -0.2) is 60.2 Å². The Hall–Kier alpha value is -2.31. The molecule has 1 aromatic heterocycles. The summed E-state index contributed by atoms with van der Waals surface area (Å²) < 4.78 is 5.48. The van der Waals surface area contributed by atoms with Crippen LogP contribution in [0.2, 0.25) is 0 Å². The highest BCUT2D eigenvalue weighted by Gasteiger charge is 2.44. The number of carbonyl (C=O) groups is 3. The molecule has 0 saturated carbocycles. The number of nitrogens with one attached hydrogen (secondary N) is 1. The molecule has 0 radical (unpaired) electrons. The van der Waals surface area contributed by atoms with Gasteiger partial charge in [-0.25, -0.2) is 0 Å². The van der Waals surface area contributed by atoms with Crippen molar-refractivity contribution in [2.45, 2.75) is 31.7 Å². The van der Waals surface area contributed by atoms with Crippen LogP contribution in [0.25, 0.3) is 0 Å². The molecule has 3 aliphatic rings. The number of rotatable bonds is 3. The molecule has 1 atom stereocenters. The Balaban J connectivity index is 1.37. The van der Waals surface area contributed by atoms with Crippen molar-refractivity contribution in [3.63, 3.8) is 0 Å². The van der Waals surface area contributed by atoms with Crippen LogP contribution in [0.5, 0.6) is 0 Å². The number of hydrogen-bond donors (Lipinski definition) is 1. The maximum absolute atomic E-state index is 12.6. The normalized spacial score (nSPS) is 23.4. The molecule has 2 fully saturated rings. The Morgan fingerprint density at radius 2 is 2.04 bits per heavy atom. The van der Waals surface area contributed by atoms with Gasteiger partial charge in [0.2, 0.25) is 11.8 Å². The summed E-state index contributed by atoms with van der Waals surface area (Å²) in [4.78, 5) is 39.9. The van der Waals surface area contributed by atoms with E-state index in [1.165, 1.54) is 0 Å². The van der Waals surface area contributed by atoms with Gasteiger partial charge < -0.3 is 19.5 Å². The van der Waals surface area contributed by atoms with Crippen molar-refractivity contribution in [2.75, 3.05) is 26.7 Å². The molecular formula is C17H21N3O4. The van der Waals surface area contributed by atoms with Crippen LogP contribution in [0, 0.1) is 5.92 Å². The molecule has 1 aliphatic carbocycles.